The van der Waals surface area contributed by atoms with Crippen molar-refractivity contribution in [3.63, 3.8) is 0 Å². The lowest BCUT2D eigenvalue weighted by Gasteiger charge is -2.15. The predicted octanol–water partition coefficient (Wildman–Crippen LogP) is 4.28. The maximum absolute atomic E-state index is 12.0. The fraction of sp³-hybridized carbons (Fsp3) is 0. The molecule has 0 unspecified atom stereocenters. The minimum atomic E-state index is -1.33. The highest BCUT2D eigenvalue weighted by Crippen LogP contribution is 2.37. The Hall–Kier alpha value is -3.86. The van der Waals surface area contributed by atoms with Crippen LogP contribution in [-0.4, -0.2) is 29.9 Å². The molecule has 0 atom stereocenters. The summed E-state index contributed by atoms with van der Waals surface area (Å²) in [6, 6.07) is 14.7. The second-order valence-corrected chi connectivity index (χ2v) is 6.14. The van der Waals surface area contributed by atoms with Gasteiger partial charge in [-0.15, -0.1) is 0 Å². The third-order valence-electron chi connectivity index (χ3n) is 4.88. The fourth-order valence-electron chi connectivity index (χ4n) is 3.74. The van der Waals surface area contributed by atoms with Crippen molar-refractivity contribution in [1.29, 1.82) is 0 Å². The summed E-state index contributed by atoms with van der Waals surface area (Å²) < 4.78 is 0. The smallest absolute Gasteiger partial charge is 0.337 e. The van der Waals surface area contributed by atoms with E-state index in [0.29, 0.717) is 29.6 Å². The van der Waals surface area contributed by atoms with Gasteiger partial charge in [0.05, 0.1) is 5.56 Å². The van der Waals surface area contributed by atoms with Crippen molar-refractivity contribution in [2.24, 2.45) is 0 Å². The first-order valence-corrected chi connectivity index (χ1v) is 8.15. The van der Waals surface area contributed by atoms with E-state index in [9.17, 15) is 24.3 Å². The molecule has 0 fully saturated rings. The van der Waals surface area contributed by atoms with E-state index in [4.69, 9.17) is 0 Å². The quantitative estimate of drug-likeness (QED) is 0.435. The largest absolute Gasteiger partial charge is 0.478 e. The number of benzene rings is 4. The number of fused-ring (bicyclic) bond motifs is 5. The van der Waals surface area contributed by atoms with Crippen LogP contribution in [0.2, 0.25) is 0 Å². The first-order chi connectivity index (χ1) is 13.1. The van der Waals surface area contributed by atoms with Gasteiger partial charge in [-0.05, 0) is 26.9 Å². The second kappa shape index (κ2) is 6.14. The van der Waals surface area contributed by atoms with Crippen LogP contribution in [0.15, 0.2) is 48.5 Å². The Balaban J connectivity index is 2.38. The van der Waals surface area contributed by atoms with E-state index in [1.165, 1.54) is 0 Å². The summed E-state index contributed by atoms with van der Waals surface area (Å²) in [4.78, 5) is 46.8. The van der Waals surface area contributed by atoms with Crippen LogP contribution < -0.4 is 0 Å². The van der Waals surface area contributed by atoms with E-state index in [1.807, 2.05) is 30.3 Å². The van der Waals surface area contributed by atoms with Gasteiger partial charge in [-0.3, -0.25) is 14.4 Å². The van der Waals surface area contributed by atoms with Gasteiger partial charge in [-0.25, -0.2) is 4.79 Å². The molecule has 0 saturated heterocycles. The number of aromatic carboxylic acids is 1. The van der Waals surface area contributed by atoms with Crippen LogP contribution in [0.3, 0.4) is 0 Å². The highest BCUT2D eigenvalue weighted by atomic mass is 16.4. The van der Waals surface area contributed by atoms with Crippen molar-refractivity contribution in [3.05, 3.63) is 70.8 Å². The minimum Gasteiger partial charge on any atom is -0.478 e. The van der Waals surface area contributed by atoms with Gasteiger partial charge < -0.3 is 5.11 Å². The molecule has 130 valence electrons. The van der Waals surface area contributed by atoms with Gasteiger partial charge in [0, 0.05) is 22.1 Å². The van der Waals surface area contributed by atoms with Crippen LogP contribution in [-0.2, 0) is 0 Å². The van der Waals surface area contributed by atoms with Crippen LogP contribution in [0.4, 0.5) is 0 Å². The third kappa shape index (κ3) is 2.25. The molecule has 0 aliphatic heterocycles. The molecule has 0 amide bonds. The molecule has 0 heterocycles. The first kappa shape index (κ1) is 16.6. The molecular formula is C22H12O5. The van der Waals surface area contributed by atoms with Crippen LogP contribution >= 0.6 is 0 Å². The van der Waals surface area contributed by atoms with Crippen LogP contribution in [0, 0.1) is 0 Å². The number of hydrogen-bond acceptors (Lipinski definition) is 4. The summed E-state index contributed by atoms with van der Waals surface area (Å²) in [5.74, 6) is -1.33. The zero-order valence-electron chi connectivity index (χ0n) is 13.9. The SMILES string of the molecule is O=Cc1c(C=O)c(C(=O)O)c2c(ccc3c4ccccc4ccc32)c1C=O. The third-order valence-corrected chi connectivity index (χ3v) is 4.88. The summed E-state index contributed by atoms with van der Waals surface area (Å²) in [7, 11) is 0. The van der Waals surface area contributed by atoms with Crippen molar-refractivity contribution < 1.29 is 24.3 Å². The molecule has 4 aromatic rings. The molecule has 4 aromatic carbocycles. The van der Waals surface area contributed by atoms with E-state index < -0.39 is 5.97 Å². The van der Waals surface area contributed by atoms with E-state index in [-0.39, 0.29) is 27.6 Å². The minimum absolute atomic E-state index is 0.0159. The lowest BCUT2D eigenvalue weighted by Crippen LogP contribution is -2.10. The molecule has 0 saturated carbocycles. The Morgan fingerprint density at radius 3 is 1.96 bits per heavy atom. The number of aldehydes is 3. The summed E-state index contributed by atoms with van der Waals surface area (Å²) in [6.45, 7) is 0. The van der Waals surface area contributed by atoms with Gasteiger partial charge in [0.15, 0.2) is 18.9 Å². The van der Waals surface area contributed by atoms with E-state index in [2.05, 4.69) is 0 Å². The number of carboxylic acid groups (broad SMARTS) is 1. The Morgan fingerprint density at radius 2 is 1.30 bits per heavy atom. The zero-order chi connectivity index (χ0) is 19.1. The Kier molecular flexibility index (Phi) is 3.78. The zero-order valence-corrected chi connectivity index (χ0v) is 13.9. The van der Waals surface area contributed by atoms with Crippen molar-refractivity contribution in [2.75, 3.05) is 0 Å². The van der Waals surface area contributed by atoms with Crippen LogP contribution in [0.5, 0.6) is 0 Å². The van der Waals surface area contributed by atoms with Crippen molar-refractivity contribution in [1.82, 2.24) is 0 Å². The molecule has 0 spiro atoms. The van der Waals surface area contributed by atoms with Crippen LogP contribution in [0.1, 0.15) is 41.4 Å². The molecule has 1 N–H and O–H groups in total. The van der Waals surface area contributed by atoms with Gasteiger partial charge in [0.1, 0.15) is 0 Å². The van der Waals surface area contributed by atoms with Crippen molar-refractivity contribution in [2.45, 2.75) is 0 Å². The van der Waals surface area contributed by atoms with Crippen LogP contribution in [0.25, 0.3) is 32.3 Å². The maximum Gasteiger partial charge on any atom is 0.337 e. The van der Waals surface area contributed by atoms with Gasteiger partial charge in [0.2, 0.25) is 0 Å². The topological polar surface area (TPSA) is 88.5 Å². The molecule has 0 aromatic heterocycles. The average molecular weight is 356 g/mol. The summed E-state index contributed by atoms with van der Waals surface area (Å²) in [5.41, 5.74) is -0.742. The van der Waals surface area contributed by atoms with Crippen molar-refractivity contribution >= 4 is 57.1 Å². The average Bonchev–Trinajstić information content (AvgIpc) is 2.70. The Labute approximate surface area is 152 Å². The molecule has 5 heteroatoms. The molecule has 0 bridgehead atoms. The molecule has 0 aliphatic carbocycles. The molecule has 0 aliphatic rings. The fourth-order valence-corrected chi connectivity index (χ4v) is 3.74. The van der Waals surface area contributed by atoms with Gasteiger partial charge >= 0.3 is 5.97 Å². The monoisotopic (exact) mass is 356 g/mol. The number of carbonyl (C=O) groups excluding carboxylic acids is 3. The number of hydrogen-bond donors (Lipinski definition) is 1. The van der Waals surface area contributed by atoms with Gasteiger partial charge in [-0.1, -0.05) is 48.5 Å². The summed E-state index contributed by atoms with van der Waals surface area (Å²) in [6.07, 6.45) is 1.15. The Morgan fingerprint density at radius 1 is 0.667 bits per heavy atom. The molecule has 27 heavy (non-hydrogen) atoms. The second-order valence-electron chi connectivity index (χ2n) is 6.14. The van der Waals surface area contributed by atoms with E-state index in [1.54, 1.807) is 18.2 Å². The molecule has 0 radical (unpaired) electrons. The van der Waals surface area contributed by atoms with Gasteiger partial charge in [-0.2, -0.15) is 0 Å². The Bertz CT molecular complexity index is 1300. The summed E-state index contributed by atoms with van der Waals surface area (Å²) >= 11 is 0. The first-order valence-electron chi connectivity index (χ1n) is 8.15. The number of carbonyl (C=O) groups is 4. The predicted molar refractivity (Wildman–Crippen MR) is 102 cm³/mol. The lowest BCUT2D eigenvalue weighted by molar-refractivity contribution is 0.0696. The maximum atomic E-state index is 12.0. The molecule has 5 nitrogen and oxygen atoms in total. The molecular weight excluding hydrogens is 344 g/mol. The standard InChI is InChI=1S/C22H12O5/c23-9-17-16-8-7-14-13-4-2-1-3-12(13)5-6-15(14)20(16)21(22(26)27)19(11-25)18(17)10-24/h1-11H,(H,26,27). The normalized spacial score (nSPS) is 11.0. The lowest BCUT2D eigenvalue weighted by atomic mass is 9.87. The number of carboxylic acids is 1. The van der Waals surface area contributed by atoms with Crippen molar-refractivity contribution in [3.8, 4) is 0 Å². The molecule has 4 rings (SSSR count). The van der Waals surface area contributed by atoms with E-state index >= 15 is 0 Å². The van der Waals surface area contributed by atoms with E-state index in [0.717, 1.165) is 16.2 Å². The number of rotatable bonds is 4. The highest BCUT2D eigenvalue weighted by molar-refractivity contribution is 6.27. The summed E-state index contributed by atoms with van der Waals surface area (Å²) in [5, 5.41) is 13.7. The highest BCUT2D eigenvalue weighted by Gasteiger charge is 2.24. The van der Waals surface area contributed by atoms with Gasteiger partial charge in [0.25, 0.3) is 0 Å².